The van der Waals surface area contributed by atoms with Gasteiger partial charge in [-0.15, -0.1) is 0 Å². The number of methoxy groups -OCH3 is 6. The first kappa shape index (κ1) is 38.4. The molecule has 0 aliphatic carbocycles. The average molecular weight is 589 g/mol. The summed E-state index contributed by atoms with van der Waals surface area (Å²) in [6.07, 6.45) is 20.2. The molecule has 9 heteroatoms. The third-order valence-corrected chi connectivity index (χ3v) is 11.7. The van der Waals surface area contributed by atoms with Crippen LogP contribution in [0, 0.1) is 5.41 Å². The molecule has 0 saturated heterocycles. The normalized spacial score (nSPS) is 12.5. The summed E-state index contributed by atoms with van der Waals surface area (Å²) in [7, 11) is 12.7. The Kier molecular flexibility index (Phi) is 27.9. The van der Waals surface area contributed by atoms with Crippen LogP contribution in [-0.4, -0.2) is 89.0 Å². The quantitative estimate of drug-likeness (QED) is 0.0515. The van der Waals surface area contributed by atoms with Gasteiger partial charge in [0, 0.05) is 42.7 Å². The molecular formula is C29H60O6Si3. The zero-order valence-corrected chi connectivity index (χ0v) is 28.9. The summed E-state index contributed by atoms with van der Waals surface area (Å²) < 4.78 is 31.9. The smallest absolute Gasteiger partial charge is 0.136 e. The maximum Gasteiger partial charge on any atom is 0.136 e. The molecule has 0 saturated carbocycles. The fourth-order valence-electron chi connectivity index (χ4n) is 4.91. The first-order chi connectivity index (χ1) is 18.5. The van der Waals surface area contributed by atoms with E-state index >= 15 is 0 Å². The Morgan fingerprint density at radius 2 is 0.632 bits per heavy atom. The summed E-state index contributed by atoms with van der Waals surface area (Å²) in [6.45, 7) is 2.57. The van der Waals surface area contributed by atoms with Gasteiger partial charge >= 0.3 is 0 Å². The molecule has 0 aliphatic rings. The summed E-state index contributed by atoms with van der Waals surface area (Å²) in [4.78, 5) is 0. The van der Waals surface area contributed by atoms with E-state index in [1.807, 2.05) is 0 Å². The van der Waals surface area contributed by atoms with Crippen LogP contribution < -0.4 is 0 Å². The molecule has 0 unspecified atom stereocenters. The van der Waals surface area contributed by atoms with E-state index in [1.54, 1.807) is 42.7 Å². The van der Waals surface area contributed by atoms with Crippen molar-refractivity contribution in [3.8, 4) is 0 Å². The molecule has 6 radical (unpaired) electrons. The van der Waals surface area contributed by atoms with Gasteiger partial charge in [-0.25, -0.2) is 0 Å². The summed E-state index contributed by atoms with van der Waals surface area (Å²) in [5.41, 5.74) is 0.497. The molecule has 0 spiro atoms. The summed E-state index contributed by atoms with van der Waals surface area (Å²) in [5.74, 6) is -0.0361. The van der Waals surface area contributed by atoms with Crippen LogP contribution in [0.2, 0.25) is 18.1 Å². The van der Waals surface area contributed by atoms with Crippen LogP contribution in [0.1, 0.15) is 103 Å². The van der Waals surface area contributed by atoms with Crippen LogP contribution in [0.3, 0.4) is 0 Å². The summed E-state index contributed by atoms with van der Waals surface area (Å²) >= 11 is 0. The van der Waals surface area contributed by atoms with Crippen molar-refractivity contribution in [1.29, 1.82) is 0 Å². The van der Waals surface area contributed by atoms with Gasteiger partial charge in [0.1, 0.15) is 46.3 Å². The van der Waals surface area contributed by atoms with Gasteiger partial charge in [0.25, 0.3) is 0 Å². The Balaban J connectivity index is 4.28. The van der Waals surface area contributed by atoms with Crippen LogP contribution >= 0.6 is 0 Å². The summed E-state index contributed by atoms with van der Waals surface area (Å²) in [6, 6.07) is 3.65. The number of unbranched alkanes of at least 4 members (excludes halogenated alkanes) is 9. The van der Waals surface area contributed by atoms with Crippen molar-refractivity contribution < 1.29 is 28.4 Å². The fraction of sp³-hybridized carbons (Fsp3) is 1.00. The van der Waals surface area contributed by atoms with E-state index < -0.39 is 0 Å². The number of ether oxygens (including phenoxy) is 6. The van der Waals surface area contributed by atoms with E-state index in [4.69, 9.17) is 28.4 Å². The third-order valence-electron chi connectivity index (χ3n) is 7.34. The highest BCUT2D eigenvalue weighted by Gasteiger charge is 2.23. The van der Waals surface area contributed by atoms with E-state index in [0.29, 0.717) is 5.41 Å². The van der Waals surface area contributed by atoms with Crippen LogP contribution in [0.15, 0.2) is 0 Å². The lowest BCUT2D eigenvalue weighted by atomic mass is 9.76. The van der Waals surface area contributed by atoms with Gasteiger partial charge in [-0.3, -0.25) is 0 Å². The highest BCUT2D eigenvalue weighted by Crippen LogP contribution is 2.37. The monoisotopic (exact) mass is 588 g/mol. The highest BCUT2D eigenvalue weighted by molar-refractivity contribution is 6.37. The van der Waals surface area contributed by atoms with Gasteiger partial charge in [-0.2, -0.15) is 0 Å². The predicted molar refractivity (Wildman–Crippen MR) is 162 cm³/mol. The maximum absolute atomic E-state index is 5.32. The molecule has 0 fully saturated rings. The van der Waals surface area contributed by atoms with E-state index in [2.05, 4.69) is 6.92 Å². The minimum absolute atomic E-state index is 0.0120. The molecule has 0 heterocycles. The third kappa shape index (κ3) is 22.1. The van der Waals surface area contributed by atoms with E-state index in [1.165, 1.54) is 114 Å². The van der Waals surface area contributed by atoms with E-state index in [9.17, 15) is 0 Å². The molecule has 0 atom stereocenters. The van der Waals surface area contributed by atoms with Crippen LogP contribution in [0.4, 0.5) is 0 Å². The molecular weight excluding hydrogens is 529 g/mol. The topological polar surface area (TPSA) is 55.4 Å². The molecule has 224 valence electrons. The molecule has 0 aromatic heterocycles. The highest BCUT2D eigenvalue weighted by atomic mass is 28.2. The fourth-order valence-corrected chi connectivity index (χ4v) is 7.98. The molecule has 0 bridgehead atoms. The van der Waals surface area contributed by atoms with E-state index in [0.717, 1.165) is 28.6 Å². The molecule has 0 N–H and O–H groups in total. The Bertz CT molecular complexity index is 413. The minimum Gasteiger partial charge on any atom is -0.360 e. The van der Waals surface area contributed by atoms with Crippen LogP contribution in [-0.2, 0) is 28.4 Å². The minimum atomic E-state index is -0.0120. The van der Waals surface area contributed by atoms with E-state index in [-0.39, 0.29) is 17.7 Å². The van der Waals surface area contributed by atoms with Crippen LogP contribution in [0.5, 0.6) is 0 Å². The van der Waals surface area contributed by atoms with Crippen molar-refractivity contribution in [3.63, 3.8) is 0 Å². The van der Waals surface area contributed by atoms with Gasteiger partial charge in [-0.1, -0.05) is 102 Å². The molecule has 0 aromatic rings. The lowest BCUT2D eigenvalue weighted by Gasteiger charge is -2.30. The SMILES string of the molecule is COC(OC)[Si]CCCCCCC(C)(CCCCCC[Si]C(OC)OC)CCCCCC[Si]C(OC)OC. The predicted octanol–water partition coefficient (Wildman–Crippen LogP) is 6.94. The second-order valence-electron chi connectivity index (χ2n) is 10.6. The summed E-state index contributed by atoms with van der Waals surface area (Å²) in [5, 5.41) is 0. The second-order valence-corrected chi connectivity index (χ2v) is 14.7. The van der Waals surface area contributed by atoms with Crippen molar-refractivity contribution in [2.24, 2.45) is 5.41 Å². The number of hydrogen-bond donors (Lipinski definition) is 0. The molecule has 0 aromatic carbocycles. The lowest BCUT2D eigenvalue weighted by Crippen LogP contribution is -2.21. The molecule has 0 aliphatic heterocycles. The Morgan fingerprint density at radius 1 is 0.395 bits per heavy atom. The Hall–Kier alpha value is 0.411. The van der Waals surface area contributed by atoms with Gasteiger partial charge in [0.2, 0.25) is 0 Å². The Morgan fingerprint density at radius 3 is 0.868 bits per heavy atom. The zero-order chi connectivity index (χ0) is 28.3. The molecule has 38 heavy (non-hydrogen) atoms. The zero-order valence-electron chi connectivity index (χ0n) is 25.9. The van der Waals surface area contributed by atoms with Gasteiger partial charge in [0.05, 0.1) is 0 Å². The molecule has 6 nitrogen and oxygen atoms in total. The molecule has 0 amide bonds. The van der Waals surface area contributed by atoms with Crippen LogP contribution in [0.25, 0.3) is 0 Å². The van der Waals surface area contributed by atoms with Crippen molar-refractivity contribution in [2.75, 3.05) is 42.7 Å². The van der Waals surface area contributed by atoms with Gasteiger partial charge < -0.3 is 28.4 Å². The van der Waals surface area contributed by atoms with Crippen molar-refractivity contribution >= 4 is 28.6 Å². The van der Waals surface area contributed by atoms with Gasteiger partial charge in [0.15, 0.2) is 0 Å². The van der Waals surface area contributed by atoms with Gasteiger partial charge in [-0.05, 0) is 24.7 Å². The van der Waals surface area contributed by atoms with Crippen molar-refractivity contribution in [3.05, 3.63) is 0 Å². The second kappa shape index (κ2) is 27.6. The maximum atomic E-state index is 5.32. The largest absolute Gasteiger partial charge is 0.360 e. The first-order valence-corrected chi connectivity index (χ1v) is 18.7. The van der Waals surface area contributed by atoms with Crippen molar-refractivity contribution in [1.82, 2.24) is 0 Å². The number of rotatable bonds is 30. The Labute approximate surface area is 243 Å². The van der Waals surface area contributed by atoms with Crippen molar-refractivity contribution in [2.45, 2.75) is 139 Å². The standard InChI is InChI=1S/C29H60O6Si3/c1-29(20-14-8-11-17-23-36-26(30-2)31-3,21-15-9-12-18-24-37-27(32-4)33-5)22-16-10-13-19-25-38-28(34-6)35-7/h26-28H,8-25H2,1-7H3. The first-order valence-electron chi connectivity index (χ1n) is 14.9. The number of hydrogen-bond acceptors (Lipinski definition) is 6. The average Bonchev–Trinajstić information content (AvgIpc) is 2.93. The lowest BCUT2D eigenvalue weighted by molar-refractivity contribution is -0.0442. The molecule has 0 rings (SSSR count).